The topological polar surface area (TPSA) is 26.3 Å². The molecule has 0 saturated carbocycles. The maximum atomic E-state index is 12.2. The summed E-state index contributed by atoms with van der Waals surface area (Å²) >= 11 is 0. The van der Waals surface area contributed by atoms with Crippen LogP contribution in [0.1, 0.15) is 50.2 Å². The first-order valence-corrected chi connectivity index (χ1v) is 8.82. The number of ether oxygens (including phenoxy) is 1. The van der Waals surface area contributed by atoms with Crippen LogP contribution in [0.3, 0.4) is 0 Å². The van der Waals surface area contributed by atoms with E-state index in [1.807, 2.05) is 60.7 Å². The van der Waals surface area contributed by atoms with Crippen LogP contribution in [-0.4, -0.2) is 5.97 Å². The normalized spacial score (nSPS) is 15.9. The van der Waals surface area contributed by atoms with Crippen molar-refractivity contribution in [3.63, 3.8) is 0 Å². The lowest BCUT2D eigenvalue weighted by Gasteiger charge is -2.32. The molecule has 0 unspecified atom stereocenters. The second-order valence-corrected chi connectivity index (χ2v) is 6.31. The third-order valence-electron chi connectivity index (χ3n) is 4.66. The zero-order valence-corrected chi connectivity index (χ0v) is 14.2. The number of cyclic esters (lactones) is 1. The molecule has 0 aromatic heterocycles. The molecule has 0 bridgehead atoms. The molecule has 1 aliphatic heterocycles. The Morgan fingerprint density at radius 1 is 0.833 bits per heavy atom. The van der Waals surface area contributed by atoms with E-state index in [-0.39, 0.29) is 5.97 Å². The largest absolute Gasteiger partial charge is 0.441 e. The van der Waals surface area contributed by atoms with Gasteiger partial charge in [-0.15, -0.1) is 0 Å². The summed E-state index contributed by atoms with van der Waals surface area (Å²) in [5, 5.41) is 0. The molecule has 2 nitrogen and oxygen atoms in total. The van der Waals surface area contributed by atoms with Crippen LogP contribution in [0.25, 0.3) is 0 Å². The first-order chi connectivity index (χ1) is 11.8. The van der Waals surface area contributed by atoms with E-state index in [1.54, 1.807) is 6.08 Å². The molecule has 0 aliphatic carbocycles. The molecule has 24 heavy (non-hydrogen) atoms. The number of unbranched alkanes of at least 4 members (excludes halogenated alkanes) is 3. The standard InChI is InChI=1S/C22H24O2/c1-2-3-4-7-16-20-17-21(23)24-22(20,18-12-8-5-9-13-18)19-14-10-6-11-15-19/h5-6,8-15,17H,2-4,7,16H2,1H3. The highest BCUT2D eigenvalue weighted by Gasteiger charge is 2.45. The molecule has 2 aromatic rings. The molecule has 0 atom stereocenters. The lowest BCUT2D eigenvalue weighted by Crippen LogP contribution is -2.31. The van der Waals surface area contributed by atoms with E-state index in [2.05, 4.69) is 6.92 Å². The average molecular weight is 320 g/mol. The Kier molecular flexibility index (Phi) is 5.14. The van der Waals surface area contributed by atoms with Crippen LogP contribution in [0, 0.1) is 0 Å². The van der Waals surface area contributed by atoms with Crippen molar-refractivity contribution in [3.05, 3.63) is 83.4 Å². The Morgan fingerprint density at radius 3 is 1.96 bits per heavy atom. The average Bonchev–Trinajstić information content (AvgIpc) is 2.98. The minimum Gasteiger partial charge on any atom is -0.441 e. The fraction of sp³-hybridized carbons (Fsp3) is 0.318. The second kappa shape index (κ2) is 7.48. The number of esters is 1. The van der Waals surface area contributed by atoms with Crippen molar-refractivity contribution >= 4 is 5.97 Å². The van der Waals surface area contributed by atoms with E-state index < -0.39 is 5.60 Å². The van der Waals surface area contributed by atoms with Gasteiger partial charge in [-0.1, -0.05) is 86.8 Å². The first-order valence-electron chi connectivity index (χ1n) is 8.82. The van der Waals surface area contributed by atoms with Gasteiger partial charge < -0.3 is 4.74 Å². The van der Waals surface area contributed by atoms with E-state index in [1.165, 1.54) is 19.3 Å². The highest BCUT2D eigenvalue weighted by atomic mass is 16.6. The first kappa shape index (κ1) is 16.5. The number of rotatable bonds is 7. The number of carbonyl (C=O) groups excluding carboxylic acids is 1. The van der Waals surface area contributed by atoms with Gasteiger partial charge in [0.15, 0.2) is 5.60 Å². The Hall–Kier alpha value is -2.35. The van der Waals surface area contributed by atoms with Gasteiger partial charge in [0.2, 0.25) is 0 Å². The molecule has 0 fully saturated rings. The van der Waals surface area contributed by atoms with Gasteiger partial charge in [0, 0.05) is 17.2 Å². The SMILES string of the molecule is CCCCCCC1=CC(=O)OC1(c1ccccc1)c1ccccc1. The van der Waals surface area contributed by atoms with Crippen molar-refractivity contribution < 1.29 is 9.53 Å². The lowest BCUT2D eigenvalue weighted by molar-refractivity contribution is -0.144. The van der Waals surface area contributed by atoms with Crippen LogP contribution in [-0.2, 0) is 15.1 Å². The van der Waals surface area contributed by atoms with Gasteiger partial charge in [-0.25, -0.2) is 4.79 Å². The van der Waals surface area contributed by atoms with Crippen molar-refractivity contribution in [1.82, 2.24) is 0 Å². The van der Waals surface area contributed by atoms with Gasteiger partial charge in [-0.3, -0.25) is 0 Å². The lowest BCUT2D eigenvalue weighted by atomic mass is 9.79. The smallest absolute Gasteiger partial charge is 0.332 e. The molecule has 0 spiro atoms. The van der Waals surface area contributed by atoms with E-state index in [0.717, 1.165) is 29.5 Å². The van der Waals surface area contributed by atoms with E-state index in [0.29, 0.717) is 0 Å². The van der Waals surface area contributed by atoms with Crippen LogP contribution in [0.15, 0.2) is 72.3 Å². The number of hydrogen-bond donors (Lipinski definition) is 0. The van der Waals surface area contributed by atoms with Crippen molar-refractivity contribution in [1.29, 1.82) is 0 Å². The van der Waals surface area contributed by atoms with Crippen LogP contribution < -0.4 is 0 Å². The molecule has 0 saturated heterocycles. The fourth-order valence-electron chi connectivity index (χ4n) is 3.48. The minimum atomic E-state index is -0.772. The van der Waals surface area contributed by atoms with Gasteiger partial charge in [-0.05, 0) is 18.4 Å². The predicted molar refractivity (Wildman–Crippen MR) is 96.6 cm³/mol. The molecule has 0 amide bonds. The fourth-order valence-corrected chi connectivity index (χ4v) is 3.48. The summed E-state index contributed by atoms with van der Waals surface area (Å²) in [6, 6.07) is 20.2. The summed E-state index contributed by atoms with van der Waals surface area (Å²) in [6.07, 6.45) is 7.28. The van der Waals surface area contributed by atoms with Crippen LogP contribution in [0.4, 0.5) is 0 Å². The Bertz CT molecular complexity index is 662. The predicted octanol–water partition coefficient (Wildman–Crippen LogP) is 5.38. The van der Waals surface area contributed by atoms with Crippen LogP contribution in [0.5, 0.6) is 0 Å². The van der Waals surface area contributed by atoms with Crippen molar-refractivity contribution in [3.8, 4) is 0 Å². The van der Waals surface area contributed by atoms with E-state index in [4.69, 9.17) is 4.74 Å². The molecule has 2 aromatic carbocycles. The number of hydrogen-bond acceptors (Lipinski definition) is 2. The Balaban J connectivity index is 2.01. The van der Waals surface area contributed by atoms with Crippen molar-refractivity contribution in [2.45, 2.75) is 44.6 Å². The minimum absolute atomic E-state index is 0.242. The van der Waals surface area contributed by atoms with Gasteiger partial charge in [0.05, 0.1) is 0 Å². The monoisotopic (exact) mass is 320 g/mol. The van der Waals surface area contributed by atoms with Crippen molar-refractivity contribution in [2.24, 2.45) is 0 Å². The van der Waals surface area contributed by atoms with Crippen LogP contribution >= 0.6 is 0 Å². The molecule has 1 heterocycles. The van der Waals surface area contributed by atoms with Gasteiger partial charge in [0.1, 0.15) is 0 Å². The van der Waals surface area contributed by atoms with Gasteiger partial charge in [0.25, 0.3) is 0 Å². The quantitative estimate of drug-likeness (QED) is 0.505. The summed E-state index contributed by atoms with van der Waals surface area (Å²) < 4.78 is 5.96. The van der Waals surface area contributed by atoms with Gasteiger partial charge >= 0.3 is 5.97 Å². The third-order valence-corrected chi connectivity index (χ3v) is 4.66. The van der Waals surface area contributed by atoms with E-state index in [9.17, 15) is 4.79 Å². The molecule has 1 aliphatic rings. The number of benzene rings is 2. The zero-order valence-electron chi connectivity index (χ0n) is 14.2. The van der Waals surface area contributed by atoms with Gasteiger partial charge in [-0.2, -0.15) is 0 Å². The maximum absolute atomic E-state index is 12.2. The summed E-state index contributed by atoms with van der Waals surface area (Å²) in [7, 11) is 0. The van der Waals surface area contributed by atoms with Crippen molar-refractivity contribution in [2.75, 3.05) is 0 Å². The zero-order chi connectivity index (χ0) is 16.8. The molecule has 0 N–H and O–H groups in total. The molecule has 3 rings (SSSR count). The highest BCUT2D eigenvalue weighted by Crippen LogP contribution is 2.46. The van der Waals surface area contributed by atoms with Crippen LogP contribution in [0.2, 0.25) is 0 Å². The Labute approximate surface area is 144 Å². The highest BCUT2D eigenvalue weighted by molar-refractivity contribution is 5.88. The molecule has 0 radical (unpaired) electrons. The van der Waals surface area contributed by atoms with E-state index >= 15 is 0 Å². The molecular formula is C22H24O2. The Morgan fingerprint density at radius 2 is 1.42 bits per heavy atom. The molecule has 2 heteroatoms. The summed E-state index contributed by atoms with van der Waals surface area (Å²) in [6.45, 7) is 2.21. The summed E-state index contributed by atoms with van der Waals surface area (Å²) in [5.41, 5.74) is 2.33. The second-order valence-electron chi connectivity index (χ2n) is 6.31. The molecule has 124 valence electrons. The number of carbonyl (C=O) groups is 1. The third kappa shape index (κ3) is 3.14. The summed E-state index contributed by atoms with van der Waals surface area (Å²) in [5.74, 6) is -0.242. The molecular weight excluding hydrogens is 296 g/mol. The summed E-state index contributed by atoms with van der Waals surface area (Å²) in [4.78, 5) is 12.2. The maximum Gasteiger partial charge on any atom is 0.332 e.